The van der Waals surface area contributed by atoms with Crippen LogP contribution in [0.3, 0.4) is 0 Å². The van der Waals surface area contributed by atoms with Crippen molar-refractivity contribution in [3.05, 3.63) is 0 Å². The van der Waals surface area contributed by atoms with Crippen LogP contribution in [0.25, 0.3) is 0 Å². The van der Waals surface area contributed by atoms with Gasteiger partial charge in [-0.05, 0) is 57.8 Å². The first-order valence-corrected chi connectivity index (χ1v) is 7.19. The lowest BCUT2D eigenvalue weighted by Crippen LogP contribution is -2.52. The van der Waals surface area contributed by atoms with E-state index >= 15 is 0 Å². The van der Waals surface area contributed by atoms with Gasteiger partial charge in [0.05, 0.1) is 17.8 Å². The fourth-order valence-corrected chi connectivity index (χ4v) is 3.91. The Morgan fingerprint density at radius 1 is 1.12 bits per heavy atom. The highest BCUT2D eigenvalue weighted by Gasteiger charge is 2.49. The van der Waals surface area contributed by atoms with Crippen LogP contribution >= 0.6 is 0 Å². The third-order valence-electron chi connectivity index (χ3n) is 4.74. The normalized spacial score (nSPS) is 43.2. The summed E-state index contributed by atoms with van der Waals surface area (Å²) in [5, 5.41) is 10.2. The molecular formula is C15H28O2. The largest absolute Gasteiger partial charge is 0.393 e. The van der Waals surface area contributed by atoms with E-state index in [-0.39, 0.29) is 17.1 Å². The van der Waals surface area contributed by atoms with E-state index in [4.69, 9.17) is 4.74 Å². The van der Waals surface area contributed by atoms with Crippen molar-refractivity contribution in [1.82, 2.24) is 0 Å². The van der Waals surface area contributed by atoms with E-state index in [1.807, 2.05) is 0 Å². The van der Waals surface area contributed by atoms with Gasteiger partial charge in [0, 0.05) is 0 Å². The van der Waals surface area contributed by atoms with E-state index in [0.29, 0.717) is 12.0 Å². The fourth-order valence-electron chi connectivity index (χ4n) is 3.91. The molecule has 2 fully saturated rings. The third-order valence-corrected chi connectivity index (χ3v) is 4.74. The molecule has 0 radical (unpaired) electrons. The van der Waals surface area contributed by atoms with Crippen molar-refractivity contribution >= 4 is 0 Å². The molecule has 0 amide bonds. The summed E-state index contributed by atoms with van der Waals surface area (Å²) >= 11 is 0. The molecule has 2 rings (SSSR count). The van der Waals surface area contributed by atoms with Crippen molar-refractivity contribution in [3.8, 4) is 0 Å². The van der Waals surface area contributed by atoms with Gasteiger partial charge < -0.3 is 9.84 Å². The second-order valence-electron chi connectivity index (χ2n) is 7.22. The van der Waals surface area contributed by atoms with Crippen LogP contribution in [0.2, 0.25) is 0 Å². The van der Waals surface area contributed by atoms with E-state index in [9.17, 15) is 5.11 Å². The van der Waals surface area contributed by atoms with Gasteiger partial charge in [0.15, 0.2) is 0 Å². The summed E-state index contributed by atoms with van der Waals surface area (Å²) in [7, 11) is 0. The average Bonchev–Trinajstić information content (AvgIpc) is 2.18. The van der Waals surface area contributed by atoms with E-state index in [1.165, 1.54) is 19.3 Å². The Bertz CT molecular complexity index is 269. The summed E-state index contributed by atoms with van der Waals surface area (Å²) in [4.78, 5) is 0. The Balaban J connectivity index is 2.16. The maximum atomic E-state index is 10.2. The maximum absolute atomic E-state index is 10.2. The number of aliphatic hydroxyl groups is 1. The summed E-state index contributed by atoms with van der Waals surface area (Å²) in [6, 6.07) is 0. The second kappa shape index (κ2) is 4.55. The van der Waals surface area contributed by atoms with Crippen LogP contribution in [-0.4, -0.2) is 22.9 Å². The number of aliphatic hydroxyl groups excluding tert-OH is 1. The molecule has 0 aromatic rings. The molecule has 100 valence electrons. The fraction of sp³-hybridized carbons (Fsp3) is 1.00. The zero-order chi connectivity index (χ0) is 12.7. The zero-order valence-electron chi connectivity index (χ0n) is 11.8. The molecule has 0 unspecified atom stereocenters. The van der Waals surface area contributed by atoms with Crippen LogP contribution in [-0.2, 0) is 4.74 Å². The van der Waals surface area contributed by atoms with E-state index in [0.717, 1.165) is 19.3 Å². The second-order valence-corrected chi connectivity index (χ2v) is 7.22. The molecule has 17 heavy (non-hydrogen) atoms. The highest BCUT2D eigenvalue weighted by atomic mass is 16.5. The van der Waals surface area contributed by atoms with Gasteiger partial charge in [-0.25, -0.2) is 0 Å². The van der Waals surface area contributed by atoms with Gasteiger partial charge in [0.2, 0.25) is 0 Å². The molecule has 0 heterocycles. The number of ether oxygens (including phenoxy) is 1. The van der Waals surface area contributed by atoms with Gasteiger partial charge in [-0.3, -0.25) is 0 Å². The summed E-state index contributed by atoms with van der Waals surface area (Å²) in [5.41, 5.74) is 0.126. The van der Waals surface area contributed by atoms with Crippen LogP contribution in [0.4, 0.5) is 0 Å². The Morgan fingerprint density at radius 3 is 2.47 bits per heavy atom. The van der Waals surface area contributed by atoms with Gasteiger partial charge in [0.25, 0.3) is 0 Å². The minimum absolute atomic E-state index is 0.0715. The highest BCUT2D eigenvalue weighted by Crippen LogP contribution is 2.52. The number of rotatable bonds is 1. The Morgan fingerprint density at radius 2 is 1.82 bits per heavy atom. The molecule has 2 aliphatic rings. The zero-order valence-corrected chi connectivity index (χ0v) is 11.8. The predicted octanol–water partition coefficient (Wildman–Crippen LogP) is 3.52. The first-order chi connectivity index (χ1) is 7.83. The van der Waals surface area contributed by atoms with Crippen molar-refractivity contribution in [2.24, 2.45) is 11.3 Å². The van der Waals surface area contributed by atoms with Gasteiger partial charge in [0.1, 0.15) is 0 Å². The van der Waals surface area contributed by atoms with Crippen molar-refractivity contribution in [2.75, 3.05) is 0 Å². The van der Waals surface area contributed by atoms with Crippen LogP contribution in [0, 0.1) is 11.3 Å². The van der Waals surface area contributed by atoms with Crippen LogP contribution in [0.15, 0.2) is 0 Å². The Hall–Kier alpha value is -0.0800. The molecule has 0 spiro atoms. The molecule has 2 nitrogen and oxygen atoms in total. The summed E-state index contributed by atoms with van der Waals surface area (Å²) in [5.74, 6) is 0.456. The third kappa shape index (κ3) is 2.68. The van der Waals surface area contributed by atoms with Crippen molar-refractivity contribution in [1.29, 1.82) is 0 Å². The smallest absolute Gasteiger partial charge is 0.0639 e. The standard InChI is InChI=1S/C15H28O2/c1-14(2,3)17-13-9-5-7-11-12(16)8-6-10-15(11,13)4/h11-13,16H,5-10H2,1-4H3/t11-,12+,13-,15-/m0/s1. The molecule has 2 aliphatic carbocycles. The number of fused-ring (bicyclic) bond motifs is 1. The van der Waals surface area contributed by atoms with Gasteiger partial charge in [-0.1, -0.05) is 19.8 Å². The Labute approximate surface area is 106 Å². The number of hydrogen-bond donors (Lipinski definition) is 1. The average molecular weight is 240 g/mol. The maximum Gasteiger partial charge on any atom is 0.0639 e. The topological polar surface area (TPSA) is 29.5 Å². The molecule has 0 bridgehead atoms. The molecule has 0 saturated heterocycles. The van der Waals surface area contributed by atoms with Gasteiger partial charge >= 0.3 is 0 Å². The molecule has 0 aromatic heterocycles. The molecular weight excluding hydrogens is 212 g/mol. The minimum atomic E-state index is -0.0971. The van der Waals surface area contributed by atoms with Crippen molar-refractivity contribution in [3.63, 3.8) is 0 Å². The van der Waals surface area contributed by atoms with Crippen LogP contribution in [0.5, 0.6) is 0 Å². The van der Waals surface area contributed by atoms with Crippen LogP contribution < -0.4 is 0 Å². The van der Waals surface area contributed by atoms with Crippen molar-refractivity contribution < 1.29 is 9.84 Å². The lowest BCUT2D eigenvalue weighted by atomic mass is 9.58. The SMILES string of the molecule is CC(C)(C)O[C@H]1CCC[C@H]2[C@H](O)CCC[C@]12C. The lowest BCUT2D eigenvalue weighted by molar-refractivity contribution is -0.178. The number of hydrogen-bond acceptors (Lipinski definition) is 2. The Kier molecular flexibility index (Phi) is 3.57. The molecule has 2 saturated carbocycles. The first kappa shape index (κ1) is 13.4. The monoisotopic (exact) mass is 240 g/mol. The van der Waals surface area contributed by atoms with Crippen LogP contribution in [0.1, 0.15) is 66.2 Å². The van der Waals surface area contributed by atoms with Gasteiger partial charge in [-0.2, -0.15) is 0 Å². The predicted molar refractivity (Wildman–Crippen MR) is 69.9 cm³/mol. The van der Waals surface area contributed by atoms with E-state index < -0.39 is 0 Å². The van der Waals surface area contributed by atoms with Gasteiger partial charge in [-0.15, -0.1) is 0 Å². The van der Waals surface area contributed by atoms with E-state index in [2.05, 4.69) is 27.7 Å². The molecule has 0 aliphatic heterocycles. The molecule has 4 atom stereocenters. The summed E-state index contributed by atoms with van der Waals surface area (Å²) in [6.07, 6.45) is 7.14. The van der Waals surface area contributed by atoms with Crippen molar-refractivity contribution in [2.45, 2.75) is 84.0 Å². The van der Waals surface area contributed by atoms with E-state index in [1.54, 1.807) is 0 Å². The highest BCUT2D eigenvalue weighted by molar-refractivity contribution is 4.99. The lowest BCUT2D eigenvalue weighted by Gasteiger charge is -2.53. The molecule has 1 N–H and O–H groups in total. The minimum Gasteiger partial charge on any atom is -0.393 e. The first-order valence-electron chi connectivity index (χ1n) is 7.19. The molecule has 2 heteroatoms. The quantitative estimate of drug-likeness (QED) is 0.760. The summed E-state index contributed by atoms with van der Waals surface area (Å²) in [6.45, 7) is 8.76. The molecule has 0 aromatic carbocycles. The summed E-state index contributed by atoms with van der Waals surface area (Å²) < 4.78 is 6.29.